The summed E-state index contributed by atoms with van der Waals surface area (Å²) in [7, 11) is 1.56. The Labute approximate surface area is 279 Å². The molecule has 1 aromatic carbocycles. The largest absolute Gasteiger partial charge is 0.497 e. The Balaban J connectivity index is 1.70. The van der Waals surface area contributed by atoms with Crippen LogP contribution in [0.15, 0.2) is 49.6 Å². The summed E-state index contributed by atoms with van der Waals surface area (Å²) >= 11 is 3.68. The van der Waals surface area contributed by atoms with E-state index in [0.29, 0.717) is 30.7 Å². The number of carbonyl (C=O) groups excluding carboxylic acids is 4. The molecule has 11 nitrogen and oxygen atoms in total. The van der Waals surface area contributed by atoms with E-state index in [1.54, 1.807) is 55.4 Å². The number of aliphatic hydroxyl groups excluding tert-OH is 1. The number of allylic oxidation sites excluding steroid dienone is 1. The van der Waals surface area contributed by atoms with Crippen LogP contribution < -0.4 is 15.0 Å². The molecule has 0 aliphatic carbocycles. The van der Waals surface area contributed by atoms with Crippen molar-refractivity contribution in [1.29, 1.82) is 0 Å². The van der Waals surface area contributed by atoms with Crippen LogP contribution in [0, 0.1) is 17.8 Å². The number of halogens is 1. The monoisotopic (exact) mass is 703 g/mol. The van der Waals surface area contributed by atoms with E-state index in [2.05, 4.69) is 34.4 Å². The topological polar surface area (TPSA) is 135 Å². The summed E-state index contributed by atoms with van der Waals surface area (Å²) in [6.45, 7) is 13.0. The first-order valence-electron chi connectivity index (χ1n) is 15.8. The molecule has 12 heteroatoms. The quantitative estimate of drug-likeness (QED) is 0.152. The molecule has 1 unspecified atom stereocenters. The molecule has 3 saturated heterocycles. The van der Waals surface area contributed by atoms with E-state index in [4.69, 9.17) is 14.2 Å². The van der Waals surface area contributed by atoms with E-state index in [1.165, 1.54) is 4.90 Å². The van der Waals surface area contributed by atoms with Gasteiger partial charge in [-0.25, -0.2) is 0 Å². The van der Waals surface area contributed by atoms with Gasteiger partial charge >= 0.3 is 5.97 Å². The standard InChI is InChI=1S/C34H46BrN3O8/c1-7-9-10-26(40)36-18-21(5)45-33(43)27-28-31(41)38(23(19-39)16-20(3)4)30(34(28)17-25(35)29(27)46-34)32(42)37(15-8-2)22-11-13-24(44-6)14-12-22/h7-8,11-14,20-21,23,25,27-30,39H,1-2,9-10,15-19H2,3-6H3,(H,36,40)/t21-,23-,25?,27+,28-,29+,30+,34-/m1/s1. The summed E-state index contributed by atoms with van der Waals surface area (Å²) in [6, 6.07) is 5.20. The van der Waals surface area contributed by atoms with Gasteiger partial charge in [0.05, 0.1) is 44.2 Å². The molecule has 3 amide bonds. The predicted molar refractivity (Wildman–Crippen MR) is 176 cm³/mol. The number of benzene rings is 1. The first kappa shape index (κ1) is 35.6. The second kappa shape index (κ2) is 15.1. The van der Waals surface area contributed by atoms with E-state index in [-0.39, 0.29) is 42.8 Å². The zero-order valence-corrected chi connectivity index (χ0v) is 28.6. The van der Waals surface area contributed by atoms with Crippen LogP contribution in [-0.4, -0.2) is 95.2 Å². The van der Waals surface area contributed by atoms with Crippen molar-refractivity contribution in [2.24, 2.45) is 17.8 Å². The molecule has 1 spiro atoms. The molecule has 3 fully saturated rings. The highest BCUT2D eigenvalue weighted by molar-refractivity contribution is 9.09. The smallest absolute Gasteiger partial charge is 0.312 e. The molecule has 0 aromatic heterocycles. The lowest BCUT2D eigenvalue weighted by atomic mass is 9.70. The normalized spacial score (nSPS) is 27.6. The van der Waals surface area contributed by atoms with Gasteiger partial charge in [0, 0.05) is 23.5 Å². The van der Waals surface area contributed by atoms with Crippen LogP contribution in [-0.2, 0) is 28.7 Å². The number of fused-ring (bicyclic) bond motifs is 1. The van der Waals surface area contributed by atoms with Crippen molar-refractivity contribution in [3.63, 3.8) is 0 Å². The van der Waals surface area contributed by atoms with E-state index in [0.717, 1.165) is 0 Å². The van der Waals surface area contributed by atoms with Crippen molar-refractivity contribution >= 4 is 45.3 Å². The molecule has 8 atom stereocenters. The Morgan fingerprint density at radius 1 is 1.22 bits per heavy atom. The highest BCUT2D eigenvalue weighted by atomic mass is 79.9. The molecule has 46 heavy (non-hydrogen) atoms. The number of methoxy groups -OCH3 is 1. The van der Waals surface area contributed by atoms with Crippen molar-refractivity contribution < 1.29 is 38.5 Å². The van der Waals surface area contributed by atoms with Crippen molar-refractivity contribution in [2.75, 3.05) is 31.7 Å². The lowest BCUT2D eigenvalue weighted by Crippen LogP contribution is -2.59. The number of aliphatic hydroxyl groups is 1. The van der Waals surface area contributed by atoms with Crippen molar-refractivity contribution in [3.8, 4) is 5.75 Å². The Bertz CT molecular complexity index is 1310. The van der Waals surface area contributed by atoms with Gasteiger partial charge in [0.1, 0.15) is 23.5 Å². The molecule has 2 bridgehead atoms. The summed E-state index contributed by atoms with van der Waals surface area (Å²) in [5.41, 5.74) is -0.764. The first-order valence-corrected chi connectivity index (χ1v) is 16.7. The Morgan fingerprint density at radius 2 is 1.91 bits per heavy atom. The molecular formula is C34H46BrN3O8. The van der Waals surface area contributed by atoms with Gasteiger partial charge in [0.2, 0.25) is 11.8 Å². The van der Waals surface area contributed by atoms with Gasteiger partial charge in [-0.05, 0) is 56.4 Å². The number of carbonyl (C=O) groups is 4. The van der Waals surface area contributed by atoms with Gasteiger partial charge in [-0.15, -0.1) is 13.2 Å². The van der Waals surface area contributed by atoms with Crippen LogP contribution in [0.25, 0.3) is 0 Å². The minimum Gasteiger partial charge on any atom is -0.497 e. The second-order valence-electron chi connectivity index (χ2n) is 12.7. The van der Waals surface area contributed by atoms with Gasteiger partial charge < -0.3 is 34.4 Å². The number of nitrogens with one attached hydrogen (secondary N) is 1. The van der Waals surface area contributed by atoms with Crippen LogP contribution in [0.3, 0.4) is 0 Å². The third-order valence-corrected chi connectivity index (χ3v) is 9.87. The number of hydrogen-bond donors (Lipinski definition) is 2. The Morgan fingerprint density at radius 3 is 2.50 bits per heavy atom. The third-order valence-electron chi connectivity index (χ3n) is 9.02. The third kappa shape index (κ3) is 6.89. The number of rotatable bonds is 16. The molecular weight excluding hydrogens is 658 g/mol. The number of anilines is 1. The van der Waals surface area contributed by atoms with Gasteiger partial charge in [-0.2, -0.15) is 0 Å². The minimum atomic E-state index is -1.34. The minimum absolute atomic E-state index is 0.105. The zero-order valence-electron chi connectivity index (χ0n) is 27.0. The Kier molecular flexibility index (Phi) is 11.7. The number of amides is 3. The van der Waals surface area contributed by atoms with E-state index < -0.39 is 59.5 Å². The van der Waals surface area contributed by atoms with E-state index in [9.17, 15) is 24.3 Å². The van der Waals surface area contributed by atoms with Crippen LogP contribution in [0.2, 0.25) is 0 Å². The fraction of sp³-hybridized carbons (Fsp3) is 0.588. The van der Waals surface area contributed by atoms with Gasteiger partial charge in [-0.1, -0.05) is 41.9 Å². The fourth-order valence-electron chi connectivity index (χ4n) is 7.09. The maximum absolute atomic E-state index is 14.8. The van der Waals surface area contributed by atoms with Crippen LogP contribution in [0.5, 0.6) is 5.75 Å². The molecule has 1 aromatic rings. The van der Waals surface area contributed by atoms with Crippen molar-refractivity contribution in [3.05, 3.63) is 49.6 Å². The summed E-state index contributed by atoms with van der Waals surface area (Å²) in [4.78, 5) is 57.9. The van der Waals surface area contributed by atoms with E-state index >= 15 is 0 Å². The van der Waals surface area contributed by atoms with Gasteiger partial charge in [-0.3, -0.25) is 19.2 Å². The maximum atomic E-state index is 14.8. The number of likely N-dealkylation sites (tertiary alicyclic amines) is 1. The van der Waals surface area contributed by atoms with Crippen LogP contribution in [0.1, 0.15) is 46.5 Å². The number of nitrogens with zero attached hydrogens (tertiary/aromatic N) is 2. The molecule has 2 N–H and O–H groups in total. The van der Waals surface area contributed by atoms with Crippen molar-refractivity contribution in [1.82, 2.24) is 10.2 Å². The molecule has 4 rings (SSSR count). The fourth-order valence-corrected chi connectivity index (χ4v) is 8.03. The second-order valence-corrected chi connectivity index (χ2v) is 13.9. The van der Waals surface area contributed by atoms with E-state index in [1.807, 2.05) is 13.8 Å². The first-order chi connectivity index (χ1) is 21.9. The van der Waals surface area contributed by atoms with Crippen molar-refractivity contribution in [2.45, 2.75) is 81.2 Å². The molecule has 3 aliphatic heterocycles. The molecule has 0 radical (unpaired) electrons. The summed E-state index contributed by atoms with van der Waals surface area (Å²) in [6.07, 6.45) is 3.44. The maximum Gasteiger partial charge on any atom is 0.312 e. The van der Waals surface area contributed by atoms with Crippen LogP contribution >= 0.6 is 15.9 Å². The predicted octanol–water partition coefficient (Wildman–Crippen LogP) is 3.38. The number of esters is 1. The van der Waals surface area contributed by atoms with Crippen LogP contribution in [0.4, 0.5) is 5.69 Å². The summed E-state index contributed by atoms with van der Waals surface area (Å²) in [5, 5.41) is 13.3. The molecule has 3 aliphatic rings. The summed E-state index contributed by atoms with van der Waals surface area (Å²) in [5.74, 6) is -2.88. The zero-order chi connectivity index (χ0) is 33.8. The molecule has 252 valence electrons. The average molecular weight is 705 g/mol. The molecule has 3 heterocycles. The highest BCUT2D eigenvalue weighted by Gasteiger charge is 2.77. The SMILES string of the molecule is C=CCCC(=O)NC[C@@H](C)OC(=O)[C@@H]1[C@H]2O[C@@]3(CC2Br)[C@H](C(=O)N(CC=C)c2ccc(OC)cc2)N([C@@H](CO)CC(C)C)C(=O)[C@@H]13. The van der Waals surface area contributed by atoms with Gasteiger partial charge in [0.15, 0.2) is 0 Å². The summed E-state index contributed by atoms with van der Waals surface area (Å²) < 4.78 is 17.7. The Hall–Kier alpha value is -3.22. The number of ether oxygens (including phenoxy) is 3. The lowest BCUT2D eigenvalue weighted by molar-refractivity contribution is -0.159. The lowest BCUT2D eigenvalue weighted by Gasteiger charge is -2.39. The van der Waals surface area contributed by atoms with Gasteiger partial charge in [0.25, 0.3) is 5.91 Å². The highest BCUT2D eigenvalue weighted by Crippen LogP contribution is 2.61. The molecule has 0 saturated carbocycles. The average Bonchev–Trinajstić information content (AvgIpc) is 3.63. The number of alkyl halides is 1. The number of hydrogen-bond acceptors (Lipinski definition) is 8.